The van der Waals surface area contributed by atoms with E-state index in [4.69, 9.17) is 4.74 Å². The van der Waals surface area contributed by atoms with E-state index in [0.717, 1.165) is 12.1 Å². The number of nitrogens with one attached hydrogen (secondary N) is 1. The van der Waals surface area contributed by atoms with Crippen molar-refractivity contribution in [3.8, 4) is 5.69 Å². The predicted molar refractivity (Wildman–Crippen MR) is 111 cm³/mol. The number of amides is 1. The highest BCUT2D eigenvalue weighted by molar-refractivity contribution is 7.89. The van der Waals surface area contributed by atoms with Gasteiger partial charge in [-0.1, -0.05) is 6.07 Å². The van der Waals surface area contributed by atoms with E-state index in [-0.39, 0.29) is 22.7 Å². The number of aromatic nitrogens is 2. The number of nitrogens with zero attached hydrogens (tertiary/aromatic N) is 3. The number of benzene rings is 2. The number of imidazole rings is 1. The Hall–Kier alpha value is -3.15. The van der Waals surface area contributed by atoms with Gasteiger partial charge in [-0.2, -0.15) is 4.31 Å². The fourth-order valence-electron chi connectivity index (χ4n) is 3.24. The van der Waals surface area contributed by atoms with E-state index in [1.54, 1.807) is 16.7 Å². The Balaban J connectivity index is 1.43. The fourth-order valence-corrected chi connectivity index (χ4v) is 4.65. The molecule has 1 aliphatic rings. The summed E-state index contributed by atoms with van der Waals surface area (Å²) in [7, 11) is -3.60. The standard InChI is InChI=1S/C21H20F2N4O4S/c22-16-2-1-15(19(23)11-16)12-24-21(28)20-13-26(14-25-20)17-3-5-18(6-4-17)32(29,30)27-7-9-31-10-8-27/h1-6,11,13-14H,7-10,12H2,(H,24,28). The molecule has 0 spiro atoms. The number of carbonyl (C=O) groups excluding carboxylic acids is 1. The van der Waals surface area contributed by atoms with Crippen LogP contribution in [0.2, 0.25) is 0 Å². The molecular weight excluding hydrogens is 442 g/mol. The number of halogens is 2. The zero-order chi connectivity index (χ0) is 22.7. The zero-order valence-corrected chi connectivity index (χ0v) is 17.7. The maximum atomic E-state index is 13.7. The fraction of sp³-hybridized carbons (Fsp3) is 0.238. The molecule has 0 aliphatic carbocycles. The molecule has 1 fully saturated rings. The maximum absolute atomic E-state index is 13.7. The molecule has 32 heavy (non-hydrogen) atoms. The summed E-state index contributed by atoms with van der Waals surface area (Å²) >= 11 is 0. The molecule has 0 radical (unpaired) electrons. The van der Waals surface area contributed by atoms with Gasteiger partial charge in [0.05, 0.1) is 18.1 Å². The summed E-state index contributed by atoms with van der Waals surface area (Å²) in [4.78, 5) is 16.5. The molecule has 1 saturated heterocycles. The van der Waals surface area contributed by atoms with Crippen molar-refractivity contribution >= 4 is 15.9 Å². The lowest BCUT2D eigenvalue weighted by atomic mass is 10.2. The molecule has 1 amide bonds. The lowest BCUT2D eigenvalue weighted by molar-refractivity contribution is 0.0730. The second-order valence-electron chi connectivity index (χ2n) is 7.09. The van der Waals surface area contributed by atoms with E-state index < -0.39 is 27.6 Å². The van der Waals surface area contributed by atoms with Gasteiger partial charge in [-0.15, -0.1) is 0 Å². The van der Waals surface area contributed by atoms with Crippen molar-refractivity contribution in [3.05, 3.63) is 77.9 Å². The Labute approximate surface area is 183 Å². The Morgan fingerprint density at radius 3 is 2.50 bits per heavy atom. The predicted octanol–water partition coefficient (Wildman–Crippen LogP) is 2.10. The minimum absolute atomic E-state index is 0.0949. The first-order valence-corrected chi connectivity index (χ1v) is 11.2. The second kappa shape index (κ2) is 9.15. The van der Waals surface area contributed by atoms with Crippen molar-refractivity contribution in [2.75, 3.05) is 26.3 Å². The van der Waals surface area contributed by atoms with E-state index >= 15 is 0 Å². The number of sulfonamides is 1. The third kappa shape index (κ3) is 4.69. The topological polar surface area (TPSA) is 93.5 Å². The summed E-state index contributed by atoms with van der Waals surface area (Å²) < 4.78 is 60.3. The number of morpholine rings is 1. The Bertz CT molecular complexity index is 1220. The highest BCUT2D eigenvalue weighted by Gasteiger charge is 2.26. The Morgan fingerprint density at radius 2 is 1.81 bits per heavy atom. The summed E-state index contributed by atoms with van der Waals surface area (Å²) in [6.45, 7) is 1.24. The van der Waals surface area contributed by atoms with Gasteiger partial charge in [0.2, 0.25) is 10.0 Å². The molecule has 2 heterocycles. The van der Waals surface area contributed by atoms with Crippen LogP contribution in [-0.2, 0) is 21.3 Å². The summed E-state index contributed by atoms with van der Waals surface area (Å²) in [5.74, 6) is -1.97. The van der Waals surface area contributed by atoms with Crippen LogP contribution in [0, 0.1) is 11.6 Å². The average molecular weight is 462 g/mol. The first-order chi connectivity index (χ1) is 15.3. The molecule has 3 aromatic rings. The molecule has 1 aliphatic heterocycles. The quantitative estimate of drug-likeness (QED) is 0.606. The van der Waals surface area contributed by atoms with Crippen LogP contribution < -0.4 is 5.32 Å². The minimum Gasteiger partial charge on any atom is -0.379 e. The van der Waals surface area contributed by atoms with Gasteiger partial charge in [0.1, 0.15) is 23.7 Å². The van der Waals surface area contributed by atoms with Crippen LogP contribution in [0.3, 0.4) is 0 Å². The maximum Gasteiger partial charge on any atom is 0.271 e. The number of ether oxygens (including phenoxy) is 1. The Kier molecular flexibility index (Phi) is 6.31. The summed E-state index contributed by atoms with van der Waals surface area (Å²) in [6, 6.07) is 9.35. The highest BCUT2D eigenvalue weighted by Crippen LogP contribution is 2.19. The van der Waals surface area contributed by atoms with Crippen LogP contribution in [0.25, 0.3) is 5.69 Å². The van der Waals surface area contributed by atoms with Gasteiger partial charge in [0, 0.05) is 43.1 Å². The monoisotopic (exact) mass is 462 g/mol. The summed E-state index contributed by atoms with van der Waals surface area (Å²) in [5.41, 5.74) is 0.857. The van der Waals surface area contributed by atoms with E-state index in [0.29, 0.717) is 32.0 Å². The lowest BCUT2D eigenvalue weighted by Crippen LogP contribution is -2.40. The van der Waals surface area contributed by atoms with Gasteiger partial charge in [-0.3, -0.25) is 4.79 Å². The van der Waals surface area contributed by atoms with Crippen LogP contribution in [0.15, 0.2) is 59.9 Å². The van der Waals surface area contributed by atoms with Crippen molar-refractivity contribution in [2.45, 2.75) is 11.4 Å². The normalized spacial score (nSPS) is 14.9. The minimum atomic E-state index is -3.60. The molecule has 168 valence electrons. The first kappa shape index (κ1) is 22.1. The molecule has 2 aromatic carbocycles. The molecular formula is C21H20F2N4O4S. The molecule has 0 saturated carbocycles. The van der Waals surface area contributed by atoms with Gasteiger partial charge in [0.15, 0.2) is 0 Å². The molecule has 0 bridgehead atoms. The van der Waals surface area contributed by atoms with Crippen LogP contribution >= 0.6 is 0 Å². The SMILES string of the molecule is O=C(NCc1ccc(F)cc1F)c1cn(-c2ccc(S(=O)(=O)N3CCOCC3)cc2)cn1. The van der Waals surface area contributed by atoms with Crippen LogP contribution in [0.4, 0.5) is 8.78 Å². The third-order valence-corrected chi connectivity index (χ3v) is 6.93. The number of hydrogen-bond donors (Lipinski definition) is 1. The van der Waals surface area contributed by atoms with Gasteiger partial charge in [-0.25, -0.2) is 22.2 Å². The number of hydrogen-bond acceptors (Lipinski definition) is 5. The van der Waals surface area contributed by atoms with Crippen LogP contribution in [0.1, 0.15) is 16.1 Å². The largest absolute Gasteiger partial charge is 0.379 e. The molecule has 0 atom stereocenters. The van der Waals surface area contributed by atoms with Crippen molar-refractivity contribution in [2.24, 2.45) is 0 Å². The lowest BCUT2D eigenvalue weighted by Gasteiger charge is -2.26. The van der Waals surface area contributed by atoms with Crippen LogP contribution in [0.5, 0.6) is 0 Å². The first-order valence-electron chi connectivity index (χ1n) is 9.79. The van der Waals surface area contributed by atoms with E-state index in [1.807, 2.05) is 0 Å². The van der Waals surface area contributed by atoms with E-state index in [9.17, 15) is 22.0 Å². The van der Waals surface area contributed by atoms with Crippen molar-refractivity contribution in [1.82, 2.24) is 19.2 Å². The van der Waals surface area contributed by atoms with Crippen LogP contribution in [-0.4, -0.2) is 54.5 Å². The second-order valence-corrected chi connectivity index (χ2v) is 9.03. The zero-order valence-electron chi connectivity index (χ0n) is 16.9. The highest BCUT2D eigenvalue weighted by atomic mass is 32.2. The summed E-state index contributed by atoms with van der Waals surface area (Å²) in [5, 5.41) is 2.53. The molecule has 1 aromatic heterocycles. The van der Waals surface area contributed by atoms with Crippen molar-refractivity contribution in [1.29, 1.82) is 0 Å². The Morgan fingerprint density at radius 1 is 1.09 bits per heavy atom. The van der Waals surface area contributed by atoms with E-state index in [2.05, 4.69) is 10.3 Å². The van der Waals surface area contributed by atoms with Gasteiger partial charge >= 0.3 is 0 Å². The average Bonchev–Trinajstić information content (AvgIpc) is 3.29. The van der Waals surface area contributed by atoms with Crippen molar-refractivity contribution < 1.29 is 26.7 Å². The van der Waals surface area contributed by atoms with Crippen molar-refractivity contribution in [3.63, 3.8) is 0 Å². The van der Waals surface area contributed by atoms with Gasteiger partial charge in [-0.05, 0) is 30.3 Å². The van der Waals surface area contributed by atoms with E-state index in [1.165, 1.54) is 35.0 Å². The molecule has 0 unspecified atom stereocenters. The summed E-state index contributed by atoms with van der Waals surface area (Å²) in [6.07, 6.45) is 2.89. The number of carbonyl (C=O) groups is 1. The smallest absolute Gasteiger partial charge is 0.271 e. The van der Waals surface area contributed by atoms with Gasteiger partial charge in [0.25, 0.3) is 5.91 Å². The molecule has 4 rings (SSSR count). The number of rotatable bonds is 6. The molecule has 1 N–H and O–H groups in total. The van der Waals surface area contributed by atoms with Gasteiger partial charge < -0.3 is 14.6 Å². The third-order valence-electron chi connectivity index (χ3n) is 5.01. The molecule has 11 heteroatoms. The molecule has 8 nitrogen and oxygen atoms in total.